The number of hydrogen-bond acceptors (Lipinski definition) is 9. The smallest absolute Gasteiger partial charge is 0.336 e. The molecule has 1 aromatic heterocycles. The normalized spacial score (nSPS) is 21.1. The number of aliphatic hydroxyl groups is 1. The number of carbonyl (C=O) groups is 3. The van der Waals surface area contributed by atoms with E-state index in [0.29, 0.717) is 34.6 Å². The maximum Gasteiger partial charge on any atom is 0.336 e. The van der Waals surface area contributed by atoms with Crippen molar-refractivity contribution in [3.63, 3.8) is 0 Å². The second kappa shape index (κ2) is 14.8. The first-order valence-electron chi connectivity index (χ1n) is 12.8. The predicted molar refractivity (Wildman–Crippen MR) is 129 cm³/mol. The van der Waals surface area contributed by atoms with Gasteiger partial charge in [-0.15, -0.1) is 0 Å². The highest BCUT2D eigenvalue weighted by molar-refractivity contribution is 5.82. The summed E-state index contributed by atoms with van der Waals surface area (Å²) in [5, 5.41) is 10.9. The standard InChI is InChI=1S/C25H37FN2O9/c1-4-7-8-9-12-20(31)36-15-28-23(33)16(26)13-27(25(28)34)24-22(32)21(17(29)10-5-2)18(37-24)14-35-19(30)11-6-3/h13,18,21-22,24,32H,4-12,14-15H2,1-3H3/t18-,21?,22?,24-/m0/s1. The lowest BCUT2D eigenvalue weighted by Gasteiger charge is -2.20. The number of ether oxygens (including phenoxy) is 3. The largest absolute Gasteiger partial charge is 0.463 e. The molecule has 2 unspecified atom stereocenters. The maximum atomic E-state index is 14.5. The molecule has 0 radical (unpaired) electrons. The van der Waals surface area contributed by atoms with Crippen LogP contribution in [0.3, 0.4) is 0 Å². The minimum atomic E-state index is -1.59. The van der Waals surface area contributed by atoms with Crippen LogP contribution in [0.2, 0.25) is 0 Å². The molecular formula is C25H37FN2O9. The fourth-order valence-electron chi connectivity index (χ4n) is 4.17. The lowest BCUT2D eigenvalue weighted by molar-refractivity contribution is -0.151. The third-order valence-electron chi connectivity index (χ3n) is 6.12. The van der Waals surface area contributed by atoms with Crippen LogP contribution in [0, 0.1) is 11.7 Å². The monoisotopic (exact) mass is 528 g/mol. The minimum Gasteiger partial charge on any atom is -0.463 e. The van der Waals surface area contributed by atoms with E-state index in [0.717, 1.165) is 19.3 Å². The van der Waals surface area contributed by atoms with E-state index in [1.807, 2.05) is 6.92 Å². The van der Waals surface area contributed by atoms with Gasteiger partial charge in [0.25, 0.3) is 5.56 Å². The van der Waals surface area contributed by atoms with Crippen molar-refractivity contribution in [2.24, 2.45) is 5.92 Å². The van der Waals surface area contributed by atoms with E-state index in [-0.39, 0.29) is 31.7 Å². The van der Waals surface area contributed by atoms with Gasteiger partial charge in [0.05, 0.1) is 12.1 Å². The number of nitrogens with zero attached hydrogens (tertiary/aromatic N) is 2. The molecule has 2 heterocycles. The average molecular weight is 529 g/mol. The van der Waals surface area contributed by atoms with Crippen LogP contribution in [0.5, 0.6) is 0 Å². The molecule has 1 N–H and O–H groups in total. The molecular weight excluding hydrogens is 491 g/mol. The molecule has 0 spiro atoms. The number of halogens is 1. The highest BCUT2D eigenvalue weighted by atomic mass is 19.1. The number of ketones is 1. The van der Waals surface area contributed by atoms with Gasteiger partial charge in [-0.2, -0.15) is 4.39 Å². The van der Waals surface area contributed by atoms with E-state index in [9.17, 15) is 33.5 Å². The molecule has 0 saturated carbocycles. The Morgan fingerprint density at radius 1 is 0.973 bits per heavy atom. The average Bonchev–Trinajstić information content (AvgIpc) is 3.19. The Bertz CT molecular complexity index is 1050. The predicted octanol–water partition coefficient (Wildman–Crippen LogP) is 2.21. The molecule has 1 aromatic rings. The number of aromatic nitrogens is 2. The van der Waals surface area contributed by atoms with Crippen LogP contribution in [0.1, 0.15) is 84.8 Å². The van der Waals surface area contributed by atoms with Crippen LogP contribution < -0.4 is 11.2 Å². The first kappa shape index (κ1) is 30.4. The van der Waals surface area contributed by atoms with E-state index in [4.69, 9.17) is 14.2 Å². The molecule has 1 aliphatic rings. The molecule has 0 bridgehead atoms. The summed E-state index contributed by atoms with van der Waals surface area (Å²) in [7, 11) is 0. The zero-order valence-electron chi connectivity index (χ0n) is 21.7. The molecule has 2 rings (SSSR count). The zero-order chi connectivity index (χ0) is 27.5. The van der Waals surface area contributed by atoms with Gasteiger partial charge in [-0.25, -0.2) is 9.36 Å². The van der Waals surface area contributed by atoms with E-state index in [1.54, 1.807) is 13.8 Å². The van der Waals surface area contributed by atoms with Gasteiger partial charge in [0.1, 0.15) is 24.6 Å². The van der Waals surface area contributed by atoms with E-state index in [2.05, 4.69) is 0 Å². The van der Waals surface area contributed by atoms with Gasteiger partial charge in [0.15, 0.2) is 13.0 Å². The fourth-order valence-corrected chi connectivity index (χ4v) is 4.17. The molecule has 11 nitrogen and oxygen atoms in total. The molecule has 0 aliphatic carbocycles. The van der Waals surface area contributed by atoms with Gasteiger partial charge >= 0.3 is 17.6 Å². The Morgan fingerprint density at radius 3 is 2.30 bits per heavy atom. The van der Waals surface area contributed by atoms with Crippen LogP contribution in [-0.4, -0.2) is 50.8 Å². The summed E-state index contributed by atoms with van der Waals surface area (Å²) in [5.41, 5.74) is -2.41. The number of unbranched alkanes of at least 4 members (excludes halogenated alkanes) is 3. The van der Waals surface area contributed by atoms with Crippen molar-refractivity contribution in [3.05, 3.63) is 32.9 Å². The highest BCUT2D eigenvalue weighted by Gasteiger charge is 2.49. The van der Waals surface area contributed by atoms with Crippen LogP contribution in [0.4, 0.5) is 4.39 Å². The van der Waals surface area contributed by atoms with Gasteiger partial charge in [0.2, 0.25) is 5.82 Å². The summed E-state index contributed by atoms with van der Waals surface area (Å²) in [6.45, 7) is 4.42. The fraction of sp³-hybridized carbons (Fsp3) is 0.720. The van der Waals surface area contributed by atoms with Crippen LogP contribution >= 0.6 is 0 Å². The number of hydrogen-bond donors (Lipinski definition) is 1. The molecule has 0 amide bonds. The maximum absolute atomic E-state index is 14.5. The lowest BCUT2D eigenvalue weighted by atomic mass is 9.91. The van der Waals surface area contributed by atoms with Gasteiger partial charge < -0.3 is 19.3 Å². The first-order chi connectivity index (χ1) is 17.7. The third kappa shape index (κ3) is 8.06. The Balaban J connectivity index is 2.28. The van der Waals surface area contributed by atoms with Gasteiger partial charge in [-0.3, -0.25) is 23.7 Å². The molecule has 0 aromatic carbocycles. The first-order valence-corrected chi connectivity index (χ1v) is 12.8. The third-order valence-corrected chi connectivity index (χ3v) is 6.12. The van der Waals surface area contributed by atoms with Crippen LogP contribution in [0.25, 0.3) is 0 Å². The highest BCUT2D eigenvalue weighted by Crippen LogP contribution is 2.35. The number of carbonyl (C=O) groups excluding carboxylic acids is 3. The molecule has 12 heteroatoms. The van der Waals surface area contributed by atoms with Crippen molar-refractivity contribution in [3.8, 4) is 0 Å². The summed E-state index contributed by atoms with van der Waals surface area (Å²) < 4.78 is 31.4. The van der Waals surface area contributed by atoms with Gasteiger partial charge in [-0.05, 0) is 19.3 Å². The topological polar surface area (TPSA) is 143 Å². The summed E-state index contributed by atoms with van der Waals surface area (Å²) in [6.07, 6.45) is 1.07. The quantitative estimate of drug-likeness (QED) is 0.268. The Kier molecular flexibility index (Phi) is 12.1. The van der Waals surface area contributed by atoms with Crippen molar-refractivity contribution in [2.45, 2.75) is 104 Å². The summed E-state index contributed by atoms with van der Waals surface area (Å²) in [6, 6.07) is 0. The van der Waals surface area contributed by atoms with Crippen molar-refractivity contribution >= 4 is 17.7 Å². The van der Waals surface area contributed by atoms with E-state index >= 15 is 0 Å². The van der Waals surface area contributed by atoms with Crippen molar-refractivity contribution < 1.29 is 38.1 Å². The zero-order valence-corrected chi connectivity index (χ0v) is 21.7. The Labute approximate surface area is 214 Å². The summed E-state index contributed by atoms with van der Waals surface area (Å²) in [5.74, 6) is -4.01. The lowest BCUT2D eigenvalue weighted by Crippen LogP contribution is -2.45. The molecule has 208 valence electrons. The number of rotatable bonds is 15. The van der Waals surface area contributed by atoms with Crippen molar-refractivity contribution in [2.75, 3.05) is 6.61 Å². The van der Waals surface area contributed by atoms with Crippen molar-refractivity contribution in [1.29, 1.82) is 0 Å². The van der Waals surface area contributed by atoms with Crippen LogP contribution in [0.15, 0.2) is 15.8 Å². The molecule has 1 saturated heterocycles. The summed E-state index contributed by atoms with van der Waals surface area (Å²) in [4.78, 5) is 61.9. The second-order valence-electron chi connectivity index (χ2n) is 9.09. The number of aliphatic hydroxyl groups excluding tert-OH is 1. The van der Waals surface area contributed by atoms with Gasteiger partial charge in [-0.1, -0.05) is 40.0 Å². The Morgan fingerprint density at radius 2 is 1.65 bits per heavy atom. The number of Topliss-reactive ketones (excluding diaryl/α,β-unsaturated/α-hetero) is 1. The molecule has 37 heavy (non-hydrogen) atoms. The van der Waals surface area contributed by atoms with Crippen LogP contribution in [-0.2, 0) is 35.3 Å². The minimum absolute atomic E-state index is 0.0857. The molecule has 4 atom stereocenters. The van der Waals surface area contributed by atoms with Gasteiger partial charge in [0, 0.05) is 19.3 Å². The molecule has 1 fully saturated rings. The second-order valence-corrected chi connectivity index (χ2v) is 9.09. The summed E-state index contributed by atoms with van der Waals surface area (Å²) >= 11 is 0. The van der Waals surface area contributed by atoms with E-state index < -0.39 is 60.1 Å². The number of esters is 2. The Hall–Kier alpha value is -2.86. The van der Waals surface area contributed by atoms with Crippen molar-refractivity contribution in [1.82, 2.24) is 9.13 Å². The SMILES string of the molecule is CCCCCCC(=O)OCn1c(=O)c(F)cn([C@H]2O[C@@H](COC(=O)CCC)C(C(=O)CCC)C2O)c1=O. The van der Waals surface area contributed by atoms with E-state index in [1.165, 1.54) is 0 Å². The molecule has 1 aliphatic heterocycles.